The summed E-state index contributed by atoms with van der Waals surface area (Å²) in [7, 11) is 0. The zero-order chi connectivity index (χ0) is 12.7. The largest absolute Gasteiger partial charge is 0.512 e. The Morgan fingerprint density at radius 1 is 1.17 bits per heavy atom. The average Bonchev–Trinajstić information content (AvgIpc) is 3.28. The third-order valence-corrected chi connectivity index (χ3v) is 3.97. The predicted molar refractivity (Wildman–Crippen MR) is 73.3 cm³/mol. The first-order valence-corrected chi connectivity index (χ1v) is 6.76. The van der Waals surface area contributed by atoms with Gasteiger partial charge in [-0.25, -0.2) is 0 Å². The van der Waals surface area contributed by atoms with Crippen LogP contribution in [-0.2, 0) is 0 Å². The first kappa shape index (κ1) is 11.5. The van der Waals surface area contributed by atoms with Gasteiger partial charge in [-0.15, -0.1) is 0 Å². The lowest BCUT2D eigenvalue weighted by atomic mass is 9.94. The topological polar surface area (TPSA) is 44.1 Å². The van der Waals surface area contributed by atoms with Crippen molar-refractivity contribution in [2.75, 3.05) is 0 Å². The van der Waals surface area contributed by atoms with E-state index in [0.29, 0.717) is 23.3 Å². The van der Waals surface area contributed by atoms with Gasteiger partial charge in [0.1, 0.15) is 5.76 Å². The maximum absolute atomic E-state index is 10.1. The van der Waals surface area contributed by atoms with Gasteiger partial charge in [-0.3, -0.25) is 5.41 Å². The van der Waals surface area contributed by atoms with Gasteiger partial charge in [0.15, 0.2) is 0 Å². The van der Waals surface area contributed by atoms with Gasteiger partial charge >= 0.3 is 0 Å². The number of hydrogen-bond acceptors (Lipinski definition) is 2. The van der Waals surface area contributed by atoms with Crippen LogP contribution in [0.15, 0.2) is 35.6 Å². The van der Waals surface area contributed by atoms with Crippen molar-refractivity contribution in [1.82, 2.24) is 0 Å². The Balaban J connectivity index is 1.94. The van der Waals surface area contributed by atoms with E-state index in [4.69, 9.17) is 5.41 Å². The van der Waals surface area contributed by atoms with Crippen molar-refractivity contribution < 1.29 is 5.11 Å². The molecule has 2 N–H and O–H groups in total. The molecule has 0 aromatic heterocycles. The van der Waals surface area contributed by atoms with Crippen LogP contribution in [-0.4, -0.2) is 10.8 Å². The van der Waals surface area contributed by atoms with E-state index in [2.05, 4.69) is 6.07 Å². The molecule has 0 amide bonds. The summed E-state index contributed by atoms with van der Waals surface area (Å²) in [5, 5.41) is 18.4. The standard InChI is InChI=1S/C16H19NO/c1-10(16(18)12-8-9-12)15(17)14-5-3-2-4-13(14)11-6-7-11/h2-5,11-12,17-18H,6-9H2,1H3/b16-10-,17-15?. The van der Waals surface area contributed by atoms with Gasteiger partial charge in [0.25, 0.3) is 0 Å². The summed E-state index contributed by atoms with van der Waals surface area (Å²) in [6.45, 7) is 1.87. The third kappa shape index (κ3) is 2.07. The Morgan fingerprint density at radius 3 is 2.44 bits per heavy atom. The summed E-state index contributed by atoms with van der Waals surface area (Å²) in [4.78, 5) is 0. The molecule has 0 atom stereocenters. The minimum atomic E-state index is 0.318. The molecule has 2 nitrogen and oxygen atoms in total. The second kappa shape index (κ2) is 4.27. The van der Waals surface area contributed by atoms with Crippen LogP contribution in [0.2, 0.25) is 0 Å². The number of benzene rings is 1. The van der Waals surface area contributed by atoms with E-state index in [-0.39, 0.29) is 0 Å². The molecular weight excluding hydrogens is 222 g/mol. The van der Waals surface area contributed by atoms with E-state index in [1.165, 1.54) is 18.4 Å². The van der Waals surface area contributed by atoms with Crippen LogP contribution in [0, 0.1) is 11.3 Å². The van der Waals surface area contributed by atoms with Crippen LogP contribution < -0.4 is 0 Å². The SMILES string of the molecule is C/C(C(=N)c1ccccc1C1CC1)=C(/O)C1CC1. The van der Waals surface area contributed by atoms with Gasteiger partial charge in [-0.05, 0) is 44.1 Å². The van der Waals surface area contributed by atoms with Gasteiger partial charge < -0.3 is 5.11 Å². The molecule has 18 heavy (non-hydrogen) atoms. The minimum Gasteiger partial charge on any atom is -0.512 e. The van der Waals surface area contributed by atoms with Gasteiger partial charge in [0.05, 0.1) is 5.71 Å². The van der Waals surface area contributed by atoms with Crippen LogP contribution in [0.1, 0.15) is 49.7 Å². The van der Waals surface area contributed by atoms with E-state index < -0.39 is 0 Å². The zero-order valence-corrected chi connectivity index (χ0v) is 10.7. The van der Waals surface area contributed by atoms with E-state index in [1.807, 2.05) is 25.1 Å². The van der Waals surface area contributed by atoms with E-state index in [1.54, 1.807) is 0 Å². The molecule has 0 spiro atoms. The van der Waals surface area contributed by atoms with Crippen molar-refractivity contribution in [3.63, 3.8) is 0 Å². The Bertz CT molecular complexity index is 522. The number of rotatable bonds is 4. The smallest absolute Gasteiger partial charge is 0.100 e. The zero-order valence-electron chi connectivity index (χ0n) is 10.7. The molecule has 2 fully saturated rings. The molecule has 0 bridgehead atoms. The van der Waals surface area contributed by atoms with Crippen LogP contribution in [0.4, 0.5) is 0 Å². The van der Waals surface area contributed by atoms with Crippen molar-refractivity contribution in [3.8, 4) is 0 Å². The molecule has 0 saturated heterocycles. The Labute approximate surface area is 108 Å². The van der Waals surface area contributed by atoms with Crippen molar-refractivity contribution >= 4 is 5.71 Å². The first-order chi connectivity index (χ1) is 8.68. The Morgan fingerprint density at radius 2 is 1.83 bits per heavy atom. The van der Waals surface area contributed by atoms with E-state index in [9.17, 15) is 5.11 Å². The van der Waals surface area contributed by atoms with Crippen molar-refractivity contribution in [3.05, 3.63) is 46.7 Å². The summed E-state index contributed by atoms with van der Waals surface area (Å²) in [6.07, 6.45) is 4.62. The number of aliphatic hydroxyl groups excluding tert-OH is 1. The highest BCUT2D eigenvalue weighted by atomic mass is 16.3. The Hall–Kier alpha value is -1.57. The molecule has 2 aliphatic carbocycles. The summed E-state index contributed by atoms with van der Waals surface area (Å²) < 4.78 is 0. The molecule has 0 unspecified atom stereocenters. The van der Waals surface area contributed by atoms with E-state index in [0.717, 1.165) is 24.0 Å². The van der Waals surface area contributed by atoms with Gasteiger partial charge in [-0.1, -0.05) is 24.3 Å². The normalized spacial score (nSPS) is 20.5. The molecule has 1 aromatic rings. The molecule has 94 valence electrons. The maximum Gasteiger partial charge on any atom is 0.100 e. The number of nitrogens with one attached hydrogen (secondary N) is 1. The highest BCUT2D eigenvalue weighted by molar-refractivity contribution is 6.11. The fourth-order valence-corrected chi connectivity index (χ4v) is 2.47. The van der Waals surface area contributed by atoms with Crippen LogP contribution >= 0.6 is 0 Å². The summed E-state index contributed by atoms with van der Waals surface area (Å²) in [5.74, 6) is 1.39. The average molecular weight is 241 g/mol. The van der Waals surface area contributed by atoms with Crippen LogP contribution in [0.25, 0.3) is 0 Å². The Kier molecular flexibility index (Phi) is 2.73. The minimum absolute atomic E-state index is 0.318. The van der Waals surface area contributed by atoms with Crippen LogP contribution in [0.5, 0.6) is 0 Å². The van der Waals surface area contributed by atoms with Crippen molar-refractivity contribution in [2.45, 2.75) is 38.5 Å². The molecule has 3 rings (SSSR count). The van der Waals surface area contributed by atoms with Gasteiger partial charge in [-0.2, -0.15) is 0 Å². The second-order valence-corrected chi connectivity index (χ2v) is 5.52. The summed E-state index contributed by atoms with van der Waals surface area (Å²) in [5.41, 5.74) is 3.54. The van der Waals surface area contributed by atoms with Gasteiger partial charge in [0.2, 0.25) is 0 Å². The van der Waals surface area contributed by atoms with Crippen LogP contribution in [0.3, 0.4) is 0 Å². The number of allylic oxidation sites excluding steroid dienone is 2. The highest BCUT2D eigenvalue weighted by Gasteiger charge is 2.30. The molecule has 2 saturated carbocycles. The highest BCUT2D eigenvalue weighted by Crippen LogP contribution is 2.42. The molecule has 2 heteroatoms. The lowest BCUT2D eigenvalue weighted by Gasteiger charge is -2.12. The molecule has 0 heterocycles. The summed E-state index contributed by atoms with van der Waals surface area (Å²) >= 11 is 0. The second-order valence-electron chi connectivity index (χ2n) is 5.52. The third-order valence-electron chi connectivity index (χ3n) is 3.97. The fraction of sp³-hybridized carbons (Fsp3) is 0.438. The molecular formula is C16H19NO. The fourth-order valence-electron chi connectivity index (χ4n) is 2.47. The monoisotopic (exact) mass is 241 g/mol. The molecule has 2 aliphatic rings. The lowest BCUT2D eigenvalue weighted by Crippen LogP contribution is -2.07. The molecule has 0 radical (unpaired) electrons. The van der Waals surface area contributed by atoms with E-state index >= 15 is 0 Å². The predicted octanol–water partition coefficient (Wildman–Crippen LogP) is 4.17. The molecule has 0 aliphatic heterocycles. The number of aliphatic hydroxyl groups is 1. The quantitative estimate of drug-likeness (QED) is 0.603. The lowest BCUT2D eigenvalue weighted by molar-refractivity contribution is 0.375. The van der Waals surface area contributed by atoms with Crippen molar-refractivity contribution in [2.24, 2.45) is 5.92 Å². The maximum atomic E-state index is 10.1. The van der Waals surface area contributed by atoms with Gasteiger partial charge in [0, 0.05) is 17.1 Å². The number of hydrogen-bond donors (Lipinski definition) is 2. The molecule has 1 aromatic carbocycles. The summed E-state index contributed by atoms with van der Waals surface area (Å²) in [6, 6.07) is 8.17. The first-order valence-electron chi connectivity index (χ1n) is 6.76. The van der Waals surface area contributed by atoms with Crippen molar-refractivity contribution in [1.29, 1.82) is 5.41 Å².